The second-order valence-corrected chi connectivity index (χ2v) is 5.78. The van der Waals surface area contributed by atoms with Crippen LogP contribution in [0.3, 0.4) is 0 Å². The zero-order valence-corrected chi connectivity index (χ0v) is 11.4. The fourth-order valence-corrected chi connectivity index (χ4v) is 2.91. The zero-order chi connectivity index (χ0) is 12.3. The van der Waals surface area contributed by atoms with Gasteiger partial charge < -0.3 is 5.32 Å². The molecule has 1 aliphatic carbocycles. The average molecular weight is 231 g/mol. The topological polar surface area (TPSA) is 12.0 Å². The molecule has 1 N–H and O–H groups in total. The second-order valence-electron chi connectivity index (χ2n) is 5.78. The summed E-state index contributed by atoms with van der Waals surface area (Å²) in [7, 11) is 2.08. The molecule has 17 heavy (non-hydrogen) atoms. The van der Waals surface area contributed by atoms with E-state index < -0.39 is 0 Å². The van der Waals surface area contributed by atoms with Crippen LogP contribution in [0.1, 0.15) is 43.4 Å². The van der Waals surface area contributed by atoms with Gasteiger partial charge in [-0.25, -0.2) is 0 Å². The molecule has 94 valence electrons. The smallest absolute Gasteiger partial charge is 0.0107 e. The van der Waals surface area contributed by atoms with E-state index in [4.69, 9.17) is 0 Å². The van der Waals surface area contributed by atoms with E-state index in [1.165, 1.54) is 37.7 Å². The lowest BCUT2D eigenvalue weighted by molar-refractivity contribution is 0.441. The van der Waals surface area contributed by atoms with Crippen molar-refractivity contribution < 1.29 is 0 Å². The molecule has 1 atom stereocenters. The van der Waals surface area contributed by atoms with Crippen LogP contribution in [0.2, 0.25) is 0 Å². The third-order valence-corrected chi connectivity index (χ3v) is 3.81. The lowest BCUT2D eigenvalue weighted by Gasteiger charge is -2.18. The molecular formula is C16H25N. The third-order valence-electron chi connectivity index (χ3n) is 3.81. The van der Waals surface area contributed by atoms with Gasteiger partial charge in [0.15, 0.2) is 0 Å². The van der Waals surface area contributed by atoms with Gasteiger partial charge in [-0.05, 0) is 61.8 Å². The lowest BCUT2D eigenvalue weighted by Crippen LogP contribution is -2.29. The summed E-state index contributed by atoms with van der Waals surface area (Å²) >= 11 is 0. The minimum Gasteiger partial charge on any atom is -0.317 e. The highest BCUT2D eigenvalue weighted by molar-refractivity contribution is 5.35. The van der Waals surface area contributed by atoms with Gasteiger partial charge in [0.1, 0.15) is 0 Å². The Bertz CT molecular complexity index is 368. The van der Waals surface area contributed by atoms with E-state index in [0.717, 1.165) is 5.92 Å². The van der Waals surface area contributed by atoms with Crippen LogP contribution in [-0.4, -0.2) is 13.1 Å². The third kappa shape index (κ3) is 3.32. The van der Waals surface area contributed by atoms with E-state index in [2.05, 4.69) is 44.4 Å². The Kier molecular flexibility index (Phi) is 4.22. The molecular weight excluding hydrogens is 206 g/mol. The van der Waals surface area contributed by atoms with Crippen LogP contribution in [0.25, 0.3) is 0 Å². The molecule has 0 spiro atoms. The van der Waals surface area contributed by atoms with Crippen molar-refractivity contribution in [1.82, 2.24) is 5.32 Å². The Morgan fingerprint density at radius 1 is 1.18 bits per heavy atom. The number of fused-ring (bicyclic) bond motifs is 1. The van der Waals surface area contributed by atoms with E-state index >= 15 is 0 Å². The summed E-state index contributed by atoms with van der Waals surface area (Å²) < 4.78 is 0. The molecule has 1 nitrogen and oxygen atoms in total. The van der Waals surface area contributed by atoms with Crippen LogP contribution in [0.15, 0.2) is 18.2 Å². The van der Waals surface area contributed by atoms with Crippen molar-refractivity contribution in [3.8, 4) is 0 Å². The highest BCUT2D eigenvalue weighted by atomic mass is 14.9. The molecule has 0 aliphatic heterocycles. The summed E-state index contributed by atoms with van der Waals surface area (Å²) in [6, 6.07) is 7.73. The van der Waals surface area contributed by atoms with E-state index in [-0.39, 0.29) is 0 Å². The van der Waals surface area contributed by atoms with Crippen LogP contribution in [0.4, 0.5) is 0 Å². The van der Waals surface area contributed by atoms with Gasteiger partial charge in [0.2, 0.25) is 0 Å². The Morgan fingerprint density at radius 3 is 2.65 bits per heavy atom. The standard InChI is InChI=1S/C16H25N/c1-12(2)9-16(17-3)11-13-7-8-14-5-4-6-15(14)10-13/h7-8,10,12,16-17H,4-6,9,11H2,1-3H3. The number of rotatable bonds is 5. The second kappa shape index (κ2) is 5.68. The lowest BCUT2D eigenvalue weighted by atomic mass is 9.95. The maximum Gasteiger partial charge on any atom is 0.0107 e. The molecule has 0 saturated heterocycles. The van der Waals surface area contributed by atoms with E-state index in [0.29, 0.717) is 6.04 Å². The van der Waals surface area contributed by atoms with E-state index in [1.807, 2.05) is 0 Å². The molecule has 0 saturated carbocycles. The fourth-order valence-electron chi connectivity index (χ4n) is 2.91. The molecule has 0 heterocycles. The normalized spacial score (nSPS) is 16.2. The molecule has 1 heteroatoms. The van der Waals surface area contributed by atoms with Crippen LogP contribution in [0, 0.1) is 5.92 Å². The molecule has 1 aromatic carbocycles. The SMILES string of the molecule is CNC(Cc1ccc2c(c1)CCC2)CC(C)C. The summed E-state index contributed by atoms with van der Waals surface area (Å²) in [6.07, 6.45) is 6.35. The fraction of sp³-hybridized carbons (Fsp3) is 0.625. The zero-order valence-electron chi connectivity index (χ0n) is 11.4. The number of aryl methyl sites for hydroxylation is 2. The van der Waals surface area contributed by atoms with Gasteiger partial charge in [0.05, 0.1) is 0 Å². The number of nitrogens with one attached hydrogen (secondary N) is 1. The number of hydrogen-bond donors (Lipinski definition) is 1. The van der Waals surface area contributed by atoms with Crippen LogP contribution in [0.5, 0.6) is 0 Å². The minimum absolute atomic E-state index is 0.620. The molecule has 0 amide bonds. The van der Waals surface area contributed by atoms with Gasteiger partial charge in [-0.3, -0.25) is 0 Å². The van der Waals surface area contributed by atoms with Gasteiger partial charge in [-0.2, -0.15) is 0 Å². The van der Waals surface area contributed by atoms with Crippen molar-refractivity contribution in [2.45, 2.75) is 52.0 Å². The van der Waals surface area contributed by atoms with Crippen LogP contribution < -0.4 is 5.32 Å². The Balaban J connectivity index is 2.02. The van der Waals surface area contributed by atoms with Gasteiger partial charge >= 0.3 is 0 Å². The first-order chi connectivity index (χ1) is 8.19. The molecule has 0 fully saturated rings. The maximum atomic E-state index is 3.45. The predicted molar refractivity (Wildman–Crippen MR) is 74.5 cm³/mol. The van der Waals surface area contributed by atoms with E-state index in [1.54, 1.807) is 11.1 Å². The summed E-state index contributed by atoms with van der Waals surface area (Å²) in [4.78, 5) is 0. The van der Waals surface area contributed by atoms with Crippen molar-refractivity contribution in [1.29, 1.82) is 0 Å². The van der Waals surface area contributed by atoms with Crippen molar-refractivity contribution in [3.05, 3.63) is 34.9 Å². The largest absolute Gasteiger partial charge is 0.317 e. The van der Waals surface area contributed by atoms with Gasteiger partial charge in [-0.1, -0.05) is 32.0 Å². The van der Waals surface area contributed by atoms with Crippen molar-refractivity contribution >= 4 is 0 Å². The number of benzene rings is 1. The Labute approximate surface area is 106 Å². The molecule has 1 unspecified atom stereocenters. The Morgan fingerprint density at radius 2 is 1.94 bits per heavy atom. The summed E-state index contributed by atoms with van der Waals surface area (Å²) in [5.74, 6) is 0.766. The first-order valence-corrected chi connectivity index (χ1v) is 6.97. The van der Waals surface area contributed by atoms with Crippen LogP contribution >= 0.6 is 0 Å². The highest BCUT2D eigenvalue weighted by Gasteiger charge is 2.13. The Hall–Kier alpha value is -0.820. The van der Waals surface area contributed by atoms with Crippen molar-refractivity contribution in [2.24, 2.45) is 5.92 Å². The molecule has 1 aliphatic rings. The van der Waals surface area contributed by atoms with E-state index in [9.17, 15) is 0 Å². The summed E-state index contributed by atoms with van der Waals surface area (Å²) in [5, 5.41) is 3.45. The van der Waals surface area contributed by atoms with Gasteiger partial charge in [-0.15, -0.1) is 0 Å². The number of likely N-dealkylation sites (N-methyl/N-ethyl adjacent to an activating group) is 1. The maximum absolute atomic E-state index is 3.45. The van der Waals surface area contributed by atoms with Gasteiger partial charge in [0, 0.05) is 6.04 Å². The molecule has 2 rings (SSSR count). The molecule has 0 aromatic heterocycles. The minimum atomic E-state index is 0.620. The summed E-state index contributed by atoms with van der Waals surface area (Å²) in [6.45, 7) is 4.60. The highest BCUT2D eigenvalue weighted by Crippen LogP contribution is 2.23. The van der Waals surface area contributed by atoms with Crippen molar-refractivity contribution in [2.75, 3.05) is 7.05 Å². The van der Waals surface area contributed by atoms with Crippen molar-refractivity contribution in [3.63, 3.8) is 0 Å². The number of hydrogen-bond acceptors (Lipinski definition) is 1. The molecule has 0 bridgehead atoms. The van der Waals surface area contributed by atoms with Gasteiger partial charge in [0.25, 0.3) is 0 Å². The average Bonchev–Trinajstić information content (AvgIpc) is 2.74. The molecule has 1 aromatic rings. The first kappa shape index (κ1) is 12.6. The summed E-state index contributed by atoms with van der Waals surface area (Å²) in [5.41, 5.74) is 4.69. The molecule has 0 radical (unpaired) electrons. The first-order valence-electron chi connectivity index (χ1n) is 6.97. The monoisotopic (exact) mass is 231 g/mol. The van der Waals surface area contributed by atoms with Crippen LogP contribution in [-0.2, 0) is 19.3 Å². The predicted octanol–water partition coefficient (Wildman–Crippen LogP) is 3.35. The quantitative estimate of drug-likeness (QED) is 0.819.